The van der Waals surface area contributed by atoms with Crippen LogP contribution < -0.4 is 10.5 Å². The third-order valence-corrected chi connectivity index (χ3v) is 5.22. The fraction of sp³-hybridized carbons (Fsp3) is 0.190. The average Bonchev–Trinajstić information content (AvgIpc) is 3.46. The zero-order valence-corrected chi connectivity index (χ0v) is 14.7. The van der Waals surface area contributed by atoms with Gasteiger partial charge in [0, 0.05) is 28.8 Å². The minimum absolute atomic E-state index is 0.150. The number of fused-ring (bicyclic) bond motifs is 2. The summed E-state index contributed by atoms with van der Waals surface area (Å²) in [6.45, 7) is 0. The molecule has 0 saturated heterocycles. The lowest BCUT2D eigenvalue weighted by Gasteiger charge is -2.11. The maximum Gasteiger partial charge on any atom is 0.203 e. The molecule has 2 aromatic carbocycles. The van der Waals surface area contributed by atoms with Gasteiger partial charge in [0.1, 0.15) is 11.6 Å². The van der Waals surface area contributed by atoms with Crippen molar-refractivity contribution in [3.05, 3.63) is 48.4 Å². The number of ether oxygens (including phenoxy) is 1. The van der Waals surface area contributed by atoms with Gasteiger partial charge in [-0.2, -0.15) is 0 Å². The number of hydrogen-bond donors (Lipinski definition) is 2. The lowest BCUT2D eigenvalue weighted by Crippen LogP contribution is -1.95. The highest BCUT2D eigenvalue weighted by Crippen LogP contribution is 2.45. The molecular formula is C21H18FN3O2. The molecule has 1 saturated carbocycles. The Kier molecular flexibility index (Phi) is 3.31. The van der Waals surface area contributed by atoms with Crippen LogP contribution in [-0.4, -0.2) is 21.8 Å². The molecule has 6 heteroatoms. The van der Waals surface area contributed by atoms with Crippen LogP contribution in [0.1, 0.15) is 18.9 Å². The van der Waals surface area contributed by atoms with Crippen LogP contribution in [-0.2, 0) is 0 Å². The quantitative estimate of drug-likeness (QED) is 0.557. The summed E-state index contributed by atoms with van der Waals surface area (Å²) in [7, 11) is 1.54. The number of rotatable bonds is 3. The van der Waals surface area contributed by atoms with E-state index in [0.717, 1.165) is 12.8 Å². The first-order valence-corrected chi connectivity index (χ1v) is 8.84. The SMILES string of the molecule is COc1ccc(F)c(-c2cccc3c(N)c4c(O)n(C5CC5)cc4nc23)c1. The predicted octanol–water partition coefficient (Wildman–Crippen LogP) is 4.63. The second kappa shape index (κ2) is 5.61. The van der Waals surface area contributed by atoms with Crippen LogP contribution in [0.2, 0.25) is 0 Å². The van der Waals surface area contributed by atoms with E-state index >= 15 is 0 Å². The molecule has 4 aromatic rings. The molecule has 0 bridgehead atoms. The molecule has 1 aliphatic carbocycles. The molecule has 5 rings (SSSR count). The van der Waals surface area contributed by atoms with Crippen molar-refractivity contribution in [3.8, 4) is 22.8 Å². The number of aromatic hydroxyl groups is 1. The number of methoxy groups -OCH3 is 1. The number of anilines is 1. The van der Waals surface area contributed by atoms with Crippen molar-refractivity contribution in [3.63, 3.8) is 0 Å². The van der Waals surface area contributed by atoms with Crippen molar-refractivity contribution in [2.24, 2.45) is 0 Å². The molecule has 3 N–H and O–H groups in total. The highest BCUT2D eigenvalue weighted by atomic mass is 19.1. The number of pyridine rings is 1. The third-order valence-electron chi connectivity index (χ3n) is 5.22. The number of nitrogens with zero attached hydrogens (tertiary/aromatic N) is 2. The van der Waals surface area contributed by atoms with Crippen LogP contribution in [0, 0.1) is 5.82 Å². The number of aromatic nitrogens is 2. The standard InChI is InChI=1S/C21H18FN3O2/c1-27-12-7-8-16(22)15(9-12)13-3-2-4-14-19(23)18-17(24-20(13)14)10-25(21(18)26)11-5-6-11/h2-4,7-11,26H,5-6,23H2,1H3. The van der Waals surface area contributed by atoms with Gasteiger partial charge in [-0.1, -0.05) is 18.2 Å². The van der Waals surface area contributed by atoms with E-state index in [9.17, 15) is 9.50 Å². The highest BCUT2D eigenvalue weighted by Gasteiger charge is 2.28. The third kappa shape index (κ3) is 2.33. The van der Waals surface area contributed by atoms with Crippen molar-refractivity contribution in [1.82, 2.24) is 9.55 Å². The predicted molar refractivity (Wildman–Crippen MR) is 104 cm³/mol. The zero-order chi connectivity index (χ0) is 18.7. The molecule has 0 amide bonds. The lowest BCUT2D eigenvalue weighted by molar-refractivity contribution is 0.414. The van der Waals surface area contributed by atoms with Gasteiger partial charge in [0.2, 0.25) is 5.88 Å². The summed E-state index contributed by atoms with van der Waals surface area (Å²) < 4.78 is 21.6. The van der Waals surface area contributed by atoms with E-state index in [4.69, 9.17) is 15.5 Å². The topological polar surface area (TPSA) is 73.3 Å². The summed E-state index contributed by atoms with van der Waals surface area (Å²) in [5, 5.41) is 11.8. The van der Waals surface area contributed by atoms with E-state index in [-0.39, 0.29) is 11.7 Å². The summed E-state index contributed by atoms with van der Waals surface area (Å²) in [6, 6.07) is 10.4. The smallest absolute Gasteiger partial charge is 0.203 e. The number of para-hydroxylation sites is 1. The second-order valence-corrected chi connectivity index (χ2v) is 6.92. The van der Waals surface area contributed by atoms with E-state index in [2.05, 4.69) is 0 Å². The molecule has 0 aliphatic heterocycles. The Labute approximate surface area is 154 Å². The fourth-order valence-electron chi connectivity index (χ4n) is 3.67. The van der Waals surface area contributed by atoms with Gasteiger partial charge in [0.15, 0.2) is 0 Å². The Balaban J connectivity index is 1.84. The Morgan fingerprint density at radius 2 is 2.04 bits per heavy atom. The molecule has 1 aliphatic rings. The Morgan fingerprint density at radius 1 is 1.22 bits per heavy atom. The average molecular weight is 363 g/mol. The summed E-state index contributed by atoms with van der Waals surface area (Å²) in [4.78, 5) is 4.73. The van der Waals surface area contributed by atoms with Gasteiger partial charge in [-0.25, -0.2) is 9.37 Å². The van der Waals surface area contributed by atoms with Gasteiger partial charge in [-0.15, -0.1) is 0 Å². The van der Waals surface area contributed by atoms with Crippen molar-refractivity contribution in [1.29, 1.82) is 0 Å². The number of nitrogens with two attached hydrogens (primary N) is 1. The normalized spacial score (nSPS) is 14.1. The van der Waals surface area contributed by atoms with E-state index in [1.54, 1.807) is 19.2 Å². The van der Waals surface area contributed by atoms with Gasteiger partial charge in [0.05, 0.1) is 29.2 Å². The molecule has 5 nitrogen and oxygen atoms in total. The molecule has 0 radical (unpaired) electrons. The van der Waals surface area contributed by atoms with Crippen molar-refractivity contribution < 1.29 is 14.2 Å². The van der Waals surface area contributed by atoms with Crippen LogP contribution in [0.5, 0.6) is 11.6 Å². The molecular weight excluding hydrogens is 345 g/mol. The zero-order valence-electron chi connectivity index (χ0n) is 14.7. The van der Waals surface area contributed by atoms with Gasteiger partial charge < -0.3 is 20.1 Å². The maximum absolute atomic E-state index is 14.6. The molecule has 27 heavy (non-hydrogen) atoms. The summed E-state index contributed by atoms with van der Waals surface area (Å²) in [5.74, 6) is 0.356. The fourth-order valence-corrected chi connectivity index (χ4v) is 3.67. The second-order valence-electron chi connectivity index (χ2n) is 6.92. The number of benzene rings is 2. The first-order valence-electron chi connectivity index (χ1n) is 8.84. The molecule has 2 heterocycles. The van der Waals surface area contributed by atoms with E-state index < -0.39 is 0 Å². The van der Waals surface area contributed by atoms with Crippen molar-refractivity contribution in [2.75, 3.05) is 12.8 Å². The molecule has 2 aromatic heterocycles. The number of hydrogen-bond acceptors (Lipinski definition) is 4. The summed E-state index contributed by atoms with van der Waals surface area (Å²) >= 11 is 0. The molecule has 0 spiro atoms. The maximum atomic E-state index is 14.6. The van der Waals surface area contributed by atoms with Gasteiger partial charge in [-0.05, 0) is 31.0 Å². The Morgan fingerprint density at radius 3 is 2.78 bits per heavy atom. The van der Waals surface area contributed by atoms with Crippen LogP contribution in [0.3, 0.4) is 0 Å². The van der Waals surface area contributed by atoms with Crippen molar-refractivity contribution >= 4 is 27.5 Å². The molecule has 1 fully saturated rings. The lowest BCUT2D eigenvalue weighted by atomic mass is 9.99. The van der Waals surface area contributed by atoms with Gasteiger partial charge in [-0.3, -0.25) is 0 Å². The van der Waals surface area contributed by atoms with E-state index in [1.807, 2.05) is 29.0 Å². The largest absolute Gasteiger partial charge is 0.497 e. The van der Waals surface area contributed by atoms with Crippen LogP contribution >= 0.6 is 0 Å². The Bertz CT molecular complexity index is 1210. The number of nitrogen functional groups attached to an aromatic ring is 1. The van der Waals surface area contributed by atoms with Crippen LogP contribution in [0.15, 0.2) is 42.6 Å². The minimum atomic E-state index is -0.359. The summed E-state index contributed by atoms with van der Waals surface area (Å²) in [6.07, 6.45) is 3.90. The van der Waals surface area contributed by atoms with Crippen molar-refractivity contribution in [2.45, 2.75) is 18.9 Å². The highest BCUT2D eigenvalue weighted by molar-refractivity contribution is 6.12. The van der Waals surface area contributed by atoms with Gasteiger partial charge >= 0.3 is 0 Å². The van der Waals surface area contributed by atoms with Crippen LogP contribution in [0.4, 0.5) is 10.1 Å². The summed E-state index contributed by atoms with van der Waals surface area (Å²) in [5.41, 5.74) is 9.10. The van der Waals surface area contributed by atoms with Gasteiger partial charge in [0.25, 0.3) is 0 Å². The van der Waals surface area contributed by atoms with Crippen LogP contribution in [0.25, 0.3) is 32.9 Å². The minimum Gasteiger partial charge on any atom is -0.497 e. The molecule has 0 unspecified atom stereocenters. The molecule has 136 valence electrons. The molecule has 0 atom stereocenters. The van der Waals surface area contributed by atoms with E-state index in [0.29, 0.717) is 50.4 Å². The number of halogens is 1. The monoisotopic (exact) mass is 363 g/mol. The first kappa shape index (κ1) is 15.9. The van der Waals surface area contributed by atoms with E-state index in [1.165, 1.54) is 6.07 Å². The first-order chi connectivity index (χ1) is 13.1. The Hall–Kier alpha value is -3.28.